The Kier molecular flexibility index (Phi) is 2.54. The standard InChI is InChI=1S/C11H12N4O/c1-6-7(2)14-10-5-8(11(16)15-12)3-4-9(10)13-6/h3-5H,12H2,1-2H3,(H,15,16). The van der Waals surface area contributed by atoms with Gasteiger partial charge in [0.15, 0.2) is 0 Å². The van der Waals surface area contributed by atoms with E-state index in [1.807, 2.05) is 13.8 Å². The predicted octanol–water partition coefficient (Wildman–Crippen LogP) is 0.850. The summed E-state index contributed by atoms with van der Waals surface area (Å²) < 4.78 is 0. The molecule has 0 saturated heterocycles. The SMILES string of the molecule is Cc1nc2ccc(C(=O)NN)cc2nc1C. The average molecular weight is 216 g/mol. The number of hydrogen-bond donors (Lipinski definition) is 2. The number of hydrogen-bond acceptors (Lipinski definition) is 4. The molecule has 1 heterocycles. The van der Waals surface area contributed by atoms with Crippen LogP contribution in [-0.2, 0) is 0 Å². The second kappa shape index (κ2) is 3.86. The normalized spacial score (nSPS) is 10.4. The van der Waals surface area contributed by atoms with Crippen molar-refractivity contribution in [3.05, 3.63) is 35.2 Å². The van der Waals surface area contributed by atoms with E-state index in [2.05, 4.69) is 15.4 Å². The van der Waals surface area contributed by atoms with Crippen LogP contribution in [0.5, 0.6) is 0 Å². The fourth-order valence-electron chi connectivity index (χ4n) is 1.46. The minimum atomic E-state index is -0.332. The number of amides is 1. The van der Waals surface area contributed by atoms with Gasteiger partial charge < -0.3 is 0 Å². The average Bonchev–Trinajstić information content (AvgIpc) is 2.29. The number of nitrogens with one attached hydrogen (secondary N) is 1. The zero-order valence-corrected chi connectivity index (χ0v) is 9.11. The van der Waals surface area contributed by atoms with Gasteiger partial charge in [0, 0.05) is 5.56 Å². The lowest BCUT2D eigenvalue weighted by Crippen LogP contribution is -2.29. The van der Waals surface area contributed by atoms with Gasteiger partial charge >= 0.3 is 0 Å². The van der Waals surface area contributed by atoms with Crippen LogP contribution < -0.4 is 11.3 Å². The van der Waals surface area contributed by atoms with Crippen LogP contribution in [0.4, 0.5) is 0 Å². The van der Waals surface area contributed by atoms with Crippen molar-refractivity contribution in [2.45, 2.75) is 13.8 Å². The molecule has 0 fully saturated rings. The number of carbonyl (C=O) groups is 1. The predicted molar refractivity (Wildman–Crippen MR) is 60.7 cm³/mol. The van der Waals surface area contributed by atoms with Crippen LogP contribution in [-0.4, -0.2) is 15.9 Å². The van der Waals surface area contributed by atoms with E-state index in [9.17, 15) is 4.79 Å². The van der Waals surface area contributed by atoms with E-state index >= 15 is 0 Å². The van der Waals surface area contributed by atoms with Gasteiger partial charge in [0.05, 0.1) is 22.4 Å². The zero-order chi connectivity index (χ0) is 11.7. The maximum Gasteiger partial charge on any atom is 0.265 e. The highest BCUT2D eigenvalue weighted by Gasteiger charge is 2.06. The molecule has 0 bridgehead atoms. The number of fused-ring (bicyclic) bond motifs is 1. The van der Waals surface area contributed by atoms with Crippen molar-refractivity contribution < 1.29 is 4.79 Å². The van der Waals surface area contributed by atoms with Gasteiger partial charge in [-0.3, -0.25) is 10.2 Å². The fourth-order valence-corrected chi connectivity index (χ4v) is 1.46. The van der Waals surface area contributed by atoms with Gasteiger partial charge in [0.2, 0.25) is 0 Å². The van der Waals surface area contributed by atoms with Gasteiger partial charge in [-0.25, -0.2) is 15.8 Å². The van der Waals surface area contributed by atoms with Gasteiger partial charge in [0.1, 0.15) is 0 Å². The molecule has 1 aromatic heterocycles. The minimum absolute atomic E-state index is 0.332. The largest absolute Gasteiger partial charge is 0.290 e. The molecule has 5 heteroatoms. The lowest BCUT2D eigenvalue weighted by molar-refractivity contribution is 0.0954. The van der Waals surface area contributed by atoms with E-state index in [-0.39, 0.29) is 5.91 Å². The van der Waals surface area contributed by atoms with E-state index < -0.39 is 0 Å². The van der Waals surface area contributed by atoms with Gasteiger partial charge in [-0.1, -0.05) is 0 Å². The summed E-state index contributed by atoms with van der Waals surface area (Å²) in [6, 6.07) is 5.12. The highest BCUT2D eigenvalue weighted by atomic mass is 16.2. The van der Waals surface area contributed by atoms with Crippen molar-refractivity contribution in [2.75, 3.05) is 0 Å². The Morgan fingerprint density at radius 1 is 1.19 bits per heavy atom. The van der Waals surface area contributed by atoms with Crippen LogP contribution in [0.15, 0.2) is 18.2 Å². The third-order valence-electron chi connectivity index (χ3n) is 2.47. The lowest BCUT2D eigenvalue weighted by atomic mass is 10.1. The Morgan fingerprint density at radius 2 is 1.81 bits per heavy atom. The summed E-state index contributed by atoms with van der Waals surface area (Å²) in [4.78, 5) is 20.1. The first-order valence-electron chi connectivity index (χ1n) is 4.88. The number of rotatable bonds is 1. The summed E-state index contributed by atoms with van der Waals surface area (Å²) in [5.74, 6) is 4.74. The minimum Gasteiger partial charge on any atom is -0.290 e. The molecule has 2 aromatic rings. The molecule has 3 N–H and O–H groups in total. The van der Waals surface area contributed by atoms with Gasteiger partial charge in [-0.15, -0.1) is 0 Å². The molecular formula is C11H12N4O. The van der Waals surface area contributed by atoms with E-state index in [4.69, 9.17) is 5.84 Å². The highest BCUT2D eigenvalue weighted by molar-refractivity contribution is 5.96. The Labute approximate surface area is 92.7 Å². The van der Waals surface area contributed by atoms with Gasteiger partial charge in [-0.05, 0) is 32.0 Å². The summed E-state index contributed by atoms with van der Waals surface area (Å²) in [6.45, 7) is 3.79. The van der Waals surface area contributed by atoms with Crippen LogP contribution in [0, 0.1) is 13.8 Å². The van der Waals surface area contributed by atoms with Crippen LogP contribution in [0.25, 0.3) is 11.0 Å². The number of aryl methyl sites for hydroxylation is 2. The molecule has 0 aliphatic rings. The second-order valence-corrected chi connectivity index (χ2v) is 3.57. The molecule has 82 valence electrons. The van der Waals surface area contributed by atoms with Crippen LogP contribution in [0.3, 0.4) is 0 Å². The molecule has 0 unspecified atom stereocenters. The van der Waals surface area contributed by atoms with E-state index in [1.54, 1.807) is 18.2 Å². The Balaban J connectivity index is 2.62. The number of carbonyl (C=O) groups excluding carboxylic acids is 1. The molecule has 5 nitrogen and oxygen atoms in total. The van der Waals surface area contributed by atoms with Crippen molar-refractivity contribution in [2.24, 2.45) is 5.84 Å². The van der Waals surface area contributed by atoms with E-state index in [0.29, 0.717) is 11.1 Å². The van der Waals surface area contributed by atoms with Crippen molar-refractivity contribution in [3.63, 3.8) is 0 Å². The maximum atomic E-state index is 11.3. The monoisotopic (exact) mass is 216 g/mol. The number of benzene rings is 1. The molecule has 2 rings (SSSR count). The summed E-state index contributed by atoms with van der Waals surface area (Å²) in [6.07, 6.45) is 0. The number of nitrogen functional groups attached to an aromatic ring is 1. The first-order valence-corrected chi connectivity index (χ1v) is 4.88. The fraction of sp³-hybridized carbons (Fsp3) is 0.182. The number of nitrogens with two attached hydrogens (primary N) is 1. The summed E-state index contributed by atoms with van der Waals surface area (Å²) >= 11 is 0. The van der Waals surface area contributed by atoms with Gasteiger partial charge in [0.25, 0.3) is 5.91 Å². The summed E-state index contributed by atoms with van der Waals surface area (Å²) in [5, 5.41) is 0. The molecule has 1 aromatic carbocycles. The molecule has 0 radical (unpaired) electrons. The van der Waals surface area contributed by atoms with Crippen molar-refractivity contribution >= 4 is 16.9 Å². The lowest BCUT2D eigenvalue weighted by Gasteiger charge is -2.04. The van der Waals surface area contributed by atoms with Crippen LogP contribution in [0.2, 0.25) is 0 Å². The number of nitrogens with zero attached hydrogens (tertiary/aromatic N) is 2. The van der Waals surface area contributed by atoms with E-state index in [1.165, 1.54) is 0 Å². The zero-order valence-electron chi connectivity index (χ0n) is 9.11. The van der Waals surface area contributed by atoms with Crippen molar-refractivity contribution in [3.8, 4) is 0 Å². The number of hydrazine groups is 1. The Hall–Kier alpha value is -2.01. The Bertz CT molecular complexity index is 565. The van der Waals surface area contributed by atoms with Crippen LogP contribution >= 0.6 is 0 Å². The molecule has 0 atom stereocenters. The van der Waals surface area contributed by atoms with E-state index in [0.717, 1.165) is 16.9 Å². The highest BCUT2D eigenvalue weighted by Crippen LogP contribution is 2.14. The molecule has 0 aliphatic carbocycles. The van der Waals surface area contributed by atoms with Crippen molar-refractivity contribution in [1.82, 2.24) is 15.4 Å². The molecule has 16 heavy (non-hydrogen) atoms. The number of aromatic nitrogens is 2. The Morgan fingerprint density at radius 3 is 2.44 bits per heavy atom. The first-order chi connectivity index (χ1) is 7.61. The smallest absolute Gasteiger partial charge is 0.265 e. The molecule has 1 amide bonds. The molecule has 0 spiro atoms. The summed E-state index contributed by atoms with van der Waals surface area (Å²) in [5.41, 5.74) is 5.79. The maximum absolute atomic E-state index is 11.3. The summed E-state index contributed by atoms with van der Waals surface area (Å²) in [7, 11) is 0. The van der Waals surface area contributed by atoms with Gasteiger partial charge in [-0.2, -0.15) is 0 Å². The van der Waals surface area contributed by atoms with Crippen molar-refractivity contribution in [1.29, 1.82) is 0 Å². The third kappa shape index (κ3) is 1.72. The second-order valence-electron chi connectivity index (χ2n) is 3.57. The molecule has 0 aliphatic heterocycles. The molecular weight excluding hydrogens is 204 g/mol. The van der Waals surface area contributed by atoms with Crippen LogP contribution in [0.1, 0.15) is 21.7 Å². The third-order valence-corrected chi connectivity index (χ3v) is 2.47. The topological polar surface area (TPSA) is 80.9 Å². The molecule has 0 saturated carbocycles. The first kappa shape index (κ1) is 10.5. The quantitative estimate of drug-likeness (QED) is 0.420.